The zero-order valence-corrected chi connectivity index (χ0v) is 13.5. The van der Waals surface area contributed by atoms with Crippen LogP contribution in [-0.2, 0) is 10.0 Å². The molecule has 0 amide bonds. The molecule has 1 aromatic carbocycles. The Balaban J connectivity index is 2.59. The van der Waals surface area contributed by atoms with Crippen LogP contribution in [0.2, 0.25) is 0 Å². The molecule has 0 heterocycles. The van der Waals surface area contributed by atoms with Crippen LogP contribution >= 0.6 is 0 Å². The Morgan fingerprint density at radius 3 is 2.48 bits per heavy atom. The van der Waals surface area contributed by atoms with Crippen LogP contribution < -0.4 is 10.0 Å². The standard InChI is InChI=1S/C15H26N2O3S/c1-2-11-17-21(19,20)15-10-6-5-9-14(15)16-12-7-3-4-8-13-18/h5-6,9-10,16-18H,2-4,7-8,11-13H2,1H3. The number of aliphatic hydroxyl groups is 1. The maximum Gasteiger partial charge on any atom is 0.242 e. The van der Waals surface area contributed by atoms with E-state index in [0.717, 1.165) is 38.6 Å². The molecular formula is C15H26N2O3S. The molecule has 6 heteroatoms. The molecule has 0 aliphatic carbocycles. The fourth-order valence-electron chi connectivity index (χ4n) is 1.97. The Morgan fingerprint density at radius 2 is 1.76 bits per heavy atom. The van der Waals surface area contributed by atoms with Crippen LogP contribution in [0, 0.1) is 0 Å². The smallest absolute Gasteiger partial charge is 0.242 e. The number of hydrogen-bond donors (Lipinski definition) is 3. The van der Waals surface area contributed by atoms with Gasteiger partial charge in [-0.05, 0) is 31.4 Å². The minimum Gasteiger partial charge on any atom is -0.396 e. The van der Waals surface area contributed by atoms with E-state index >= 15 is 0 Å². The average molecular weight is 314 g/mol. The Morgan fingerprint density at radius 1 is 1.05 bits per heavy atom. The Kier molecular flexibility index (Phi) is 8.34. The molecule has 1 rings (SSSR count). The van der Waals surface area contributed by atoms with Crippen molar-refractivity contribution < 1.29 is 13.5 Å². The van der Waals surface area contributed by atoms with Crippen molar-refractivity contribution in [3.63, 3.8) is 0 Å². The third-order valence-corrected chi connectivity index (χ3v) is 4.64. The van der Waals surface area contributed by atoms with E-state index in [1.807, 2.05) is 13.0 Å². The number of para-hydroxylation sites is 1. The van der Waals surface area contributed by atoms with Gasteiger partial charge in [0.15, 0.2) is 0 Å². The second kappa shape index (κ2) is 9.76. The number of benzene rings is 1. The van der Waals surface area contributed by atoms with Crippen molar-refractivity contribution in [2.24, 2.45) is 0 Å². The van der Waals surface area contributed by atoms with E-state index in [4.69, 9.17) is 5.11 Å². The molecule has 0 saturated carbocycles. The van der Waals surface area contributed by atoms with Gasteiger partial charge in [-0.3, -0.25) is 0 Å². The van der Waals surface area contributed by atoms with Gasteiger partial charge >= 0.3 is 0 Å². The van der Waals surface area contributed by atoms with Gasteiger partial charge in [0, 0.05) is 19.7 Å². The van der Waals surface area contributed by atoms with Crippen LogP contribution in [0.25, 0.3) is 0 Å². The van der Waals surface area contributed by atoms with E-state index in [-0.39, 0.29) is 6.61 Å². The highest BCUT2D eigenvalue weighted by atomic mass is 32.2. The highest BCUT2D eigenvalue weighted by Gasteiger charge is 2.16. The first-order valence-corrected chi connectivity index (χ1v) is 9.03. The molecule has 5 nitrogen and oxygen atoms in total. The van der Waals surface area contributed by atoms with Crippen LogP contribution in [0.4, 0.5) is 5.69 Å². The molecule has 0 unspecified atom stereocenters. The molecule has 21 heavy (non-hydrogen) atoms. The Hall–Kier alpha value is -1.11. The molecule has 120 valence electrons. The lowest BCUT2D eigenvalue weighted by Gasteiger charge is -2.13. The van der Waals surface area contributed by atoms with Crippen LogP contribution in [0.5, 0.6) is 0 Å². The van der Waals surface area contributed by atoms with Crippen molar-refractivity contribution in [2.75, 3.05) is 25.0 Å². The highest BCUT2D eigenvalue weighted by molar-refractivity contribution is 7.89. The van der Waals surface area contributed by atoms with Crippen LogP contribution in [0.3, 0.4) is 0 Å². The monoisotopic (exact) mass is 314 g/mol. The first kappa shape index (κ1) is 17.9. The van der Waals surface area contributed by atoms with Gasteiger partial charge in [0.1, 0.15) is 4.90 Å². The van der Waals surface area contributed by atoms with Crippen molar-refractivity contribution in [2.45, 2.75) is 43.9 Å². The highest BCUT2D eigenvalue weighted by Crippen LogP contribution is 2.20. The number of rotatable bonds is 11. The summed E-state index contributed by atoms with van der Waals surface area (Å²) in [5, 5.41) is 11.9. The third kappa shape index (κ3) is 6.46. The summed E-state index contributed by atoms with van der Waals surface area (Å²) >= 11 is 0. The van der Waals surface area contributed by atoms with Gasteiger partial charge in [-0.15, -0.1) is 0 Å². The molecule has 0 aliphatic heterocycles. The van der Waals surface area contributed by atoms with Crippen LogP contribution in [0.15, 0.2) is 29.2 Å². The molecule has 0 spiro atoms. The zero-order valence-electron chi connectivity index (χ0n) is 12.6. The minimum absolute atomic E-state index is 0.234. The van der Waals surface area contributed by atoms with Crippen molar-refractivity contribution in [1.82, 2.24) is 4.72 Å². The lowest BCUT2D eigenvalue weighted by Crippen LogP contribution is -2.25. The van der Waals surface area contributed by atoms with Crippen molar-refractivity contribution in [3.8, 4) is 0 Å². The third-order valence-electron chi connectivity index (χ3n) is 3.12. The van der Waals surface area contributed by atoms with E-state index in [1.54, 1.807) is 18.2 Å². The van der Waals surface area contributed by atoms with E-state index < -0.39 is 10.0 Å². The van der Waals surface area contributed by atoms with Gasteiger partial charge < -0.3 is 10.4 Å². The van der Waals surface area contributed by atoms with E-state index in [2.05, 4.69) is 10.0 Å². The fourth-order valence-corrected chi connectivity index (χ4v) is 3.29. The number of sulfonamides is 1. The van der Waals surface area contributed by atoms with Crippen LogP contribution in [-0.4, -0.2) is 33.2 Å². The summed E-state index contributed by atoms with van der Waals surface area (Å²) in [7, 11) is -3.45. The second-order valence-electron chi connectivity index (χ2n) is 4.96. The van der Waals surface area contributed by atoms with Gasteiger partial charge in [0.2, 0.25) is 10.0 Å². The van der Waals surface area contributed by atoms with Gasteiger partial charge in [-0.2, -0.15) is 0 Å². The van der Waals surface area contributed by atoms with E-state index in [9.17, 15) is 8.42 Å². The molecule has 0 aliphatic rings. The summed E-state index contributed by atoms with van der Waals surface area (Å²) in [6.07, 6.45) is 4.56. The first-order valence-electron chi connectivity index (χ1n) is 7.55. The molecule has 0 aromatic heterocycles. The summed E-state index contributed by atoms with van der Waals surface area (Å²) in [4.78, 5) is 0.300. The van der Waals surface area contributed by atoms with Crippen molar-refractivity contribution in [1.29, 1.82) is 0 Å². The Bertz CT molecular complexity index is 503. The molecule has 0 radical (unpaired) electrons. The van der Waals surface area contributed by atoms with Crippen molar-refractivity contribution >= 4 is 15.7 Å². The molecular weight excluding hydrogens is 288 g/mol. The van der Waals surface area contributed by atoms with Gasteiger partial charge in [-0.25, -0.2) is 13.1 Å². The Labute approximate surface area is 127 Å². The second-order valence-corrected chi connectivity index (χ2v) is 6.69. The summed E-state index contributed by atoms with van der Waals surface area (Å²) in [5.74, 6) is 0. The number of nitrogens with one attached hydrogen (secondary N) is 2. The lowest BCUT2D eigenvalue weighted by molar-refractivity contribution is 0.283. The van der Waals surface area contributed by atoms with Gasteiger partial charge in [0.05, 0.1) is 5.69 Å². The summed E-state index contributed by atoms with van der Waals surface area (Å²) < 4.78 is 27.0. The molecule has 0 saturated heterocycles. The molecule has 1 aromatic rings. The maximum atomic E-state index is 12.2. The maximum absolute atomic E-state index is 12.2. The van der Waals surface area contributed by atoms with Crippen LogP contribution in [0.1, 0.15) is 39.0 Å². The summed E-state index contributed by atoms with van der Waals surface area (Å²) in [6, 6.07) is 6.96. The molecule has 3 N–H and O–H groups in total. The van der Waals surface area contributed by atoms with Crippen molar-refractivity contribution in [3.05, 3.63) is 24.3 Å². The minimum atomic E-state index is -3.45. The summed E-state index contributed by atoms with van der Waals surface area (Å²) in [6.45, 7) is 3.33. The topological polar surface area (TPSA) is 78.4 Å². The van der Waals surface area contributed by atoms with Gasteiger partial charge in [0.25, 0.3) is 0 Å². The largest absolute Gasteiger partial charge is 0.396 e. The number of unbranched alkanes of at least 4 members (excludes halogenated alkanes) is 3. The zero-order chi connectivity index (χ0) is 15.6. The summed E-state index contributed by atoms with van der Waals surface area (Å²) in [5.41, 5.74) is 0.642. The SMILES string of the molecule is CCCNS(=O)(=O)c1ccccc1NCCCCCCO. The number of hydrogen-bond acceptors (Lipinski definition) is 4. The van der Waals surface area contributed by atoms with E-state index in [1.165, 1.54) is 0 Å². The van der Waals surface area contributed by atoms with E-state index in [0.29, 0.717) is 17.1 Å². The molecule has 0 fully saturated rings. The quantitative estimate of drug-likeness (QED) is 0.548. The first-order chi connectivity index (χ1) is 10.1. The average Bonchev–Trinajstić information content (AvgIpc) is 2.49. The normalized spacial score (nSPS) is 11.5. The predicted molar refractivity (Wildman–Crippen MR) is 86.0 cm³/mol. The fraction of sp³-hybridized carbons (Fsp3) is 0.600. The lowest BCUT2D eigenvalue weighted by atomic mass is 10.2. The number of aliphatic hydroxyl groups excluding tert-OH is 1. The predicted octanol–water partition coefficient (Wildman–Crippen LogP) is 2.34. The molecule has 0 atom stereocenters. The van der Waals surface area contributed by atoms with Gasteiger partial charge in [-0.1, -0.05) is 31.9 Å². The molecule has 0 bridgehead atoms. The number of anilines is 1.